The molecule has 1 aliphatic carbocycles. The van der Waals surface area contributed by atoms with E-state index in [1.165, 1.54) is 0 Å². The number of hydrogen-bond acceptors (Lipinski definition) is 6. The van der Waals surface area contributed by atoms with Crippen LogP contribution in [-0.2, 0) is 16.8 Å². The molecule has 0 radical (unpaired) electrons. The van der Waals surface area contributed by atoms with Crippen LogP contribution in [0, 0.1) is 5.41 Å². The molecule has 0 spiro atoms. The summed E-state index contributed by atoms with van der Waals surface area (Å²) in [5.74, 6) is 0.751. The Morgan fingerprint density at radius 2 is 1.93 bits per heavy atom. The number of aliphatic carboxylic acids is 1. The molecule has 218 valence electrons. The van der Waals surface area contributed by atoms with Crippen LogP contribution in [-0.4, -0.2) is 59.3 Å². The van der Waals surface area contributed by atoms with Gasteiger partial charge in [0.2, 0.25) is 0 Å². The number of fused-ring (bicyclic) bond motifs is 1. The van der Waals surface area contributed by atoms with E-state index in [-0.39, 0.29) is 41.1 Å². The predicted molar refractivity (Wildman–Crippen MR) is 164 cm³/mol. The summed E-state index contributed by atoms with van der Waals surface area (Å²) < 4.78 is 6.31. The molecule has 2 aromatic rings. The fraction of sp³-hybridized carbons (Fsp3) is 0.548. The lowest BCUT2D eigenvalue weighted by atomic mass is 9.84. The lowest BCUT2D eigenvalue weighted by molar-refractivity contribution is -0.137. The van der Waals surface area contributed by atoms with Crippen molar-refractivity contribution in [3.63, 3.8) is 0 Å². The van der Waals surface area contributed by atoms with Crippen LogP contribution < -0.4 is 9.64 Å². The van der Waals surface area contributed by atoms with E-state index < -0.39 is 5.97 Å². The van der Waals surface area contributed by atoms with Crippen molar-refractivity contribution in [3.8, 4) is 5.75 Å². The van der Waals surface area contributed by atoms with Gasteiger partial charge < -0.3 is 19.6 Å². The minimum atomic E-state index is -0.801. The summed E-state index contributed by atoms with van der Waals surface area (Å²) in [6, 6.07) is 7.98. The second-order valence-corrected chi connectivity index (χ2v) is 11.9. The number of ketones is 1. The number of nitrogens with one attached hydrogen (secondary N) is 1. The molecule has 8 nitrogen and oxygen atoms in total. The van der Waals surface area contributed by atoms with E-state index in [2.05, 4.69) is 44.7 Å². The second kappa shape index (κ2) is 13.1. The number of carbonyl (C=O) groups is 2. The Morgan fingerprint density at radius 3 is 2.55 bits per heavy atom. The average Bonchev–Trinajstić information content (AvgIpc) is 3.68. The molecule has 0 unspecified atom stereocenters. The summed E-state index contributed by atoms with van der Waals surface area (Å²) in [7, 11) is 2.01. The summed E-state index contributed by atoms with van der Waals surface area (Å²) in [6.45, 7) is 10.3. The minimum absolute atomic E-state index is 0. The number of amidine groups is 1. The van der Waals surface area contributed by atoms with Crippen LogP contribution in [0.2, 0.25) is 0 Å². The molecule has 9 heteroatoms. The van der Waals surface area contributed by atoms with E-state index >= 15 is 0 Å². The summed E-state index contributed by atoms with van der Waals surface area (Å²) in [5.41, 5.74) is 4.89. The van der Waals surface area contributed by atoms with Crippen LogP contribution in [0.4, 0.5) is 5.69 Å². The summed E-state index contributed by atoms with van der Waals surface area (Å²) in [5, 5.41) is 17.7. The van der Waals surface area contributed by atoms with Crippen LogP contribution in [0.5, 0.6) is 5.75 Å². The molecule has 40 heavy (non-hydrogen) atoms. The maximum absolute atomic E-state index is 13.7. The Hall–Kier alpha value is -2.94. The van der Waals surface area contributed by atoms with E-state index in [1.54, 1.807) is 0 Å². The number of carbonyl (C=O) groups excluding carboxylic acids is 1. The molecule has 0 amide bonds. The molecule has 2 heterocycles. The third-order valence-corrected chi connectivity index (χ3v) is 7.43. The van der Waals surface area contributed by atoms with Crippen molar-refractivity contribution >= 4 is 40.3 Å². The molecular weight excluding hydrogens is 572 g/mol. The van der Waals surface area contributed by atoms with Gasteiger partial charge in [0, 0.05) is 54.9 Å². The summed E-state index contributed by atoms with van der Waals surface area (Å²) >= 11 is 0. The number of Topliss-reactive ketones (excluding diaryl/α,β-unsaturated/α-hetero) is 1. The van der Waals surface area contributed by atoms with Crippen LogP contribution in [0.1, 0.15) is 105 Å². The number of benzene rings is 1. The van der Waals surface area contributed by atoms with Gasteiger partial charge in [0.15, 0.2) is 5.78 Å². The second-order valence-electron chi connectivity index (χ2n) is 11.9. The van der Waals surface area contributed by atoms with E-state index in [0.29, 0.717) is 49.0 Å². The molecule has 0 saturated heterocycles. The molecule has 0 atom stereocenters. The third kappa shape index (κ3) is 7.42. The first kappa shape index (κ1) is 31.6. The SMILES string of the molecule is Br.CCCN(C)c1cc(C(=O)CN2Cc3ccc(C4CC4)nc3C2=N)cc(C(C)(C)C)c1OCCCCC(=O)O. The van der Waals surface area contributed by atoms with Gasteiger partial charge in [-0.3, -0.25) is 15.0 Å². The fourth-order valence-electron chi connectivity index (χ4n) is 5.05. The van der Waals surface area contributed by atoms with Gasteiger partial charge in [-0.05, 0) is 55.7 Å². The van der Waals surface area contributed by atoms with Crippen LogP contribution >= 0.6 is 17.0 Å². The Balaban J connectivity index is 0.00000441. The average molecular weight is 616 g/mol. The van der Waals surface area contributed by atoms with Crippen LogP contribution in [0.25, 0.3) is 0 Å². The molecule has 1 fully saturated rings. The van der Waals surface area contributed by atoms with Gasteiger partial charge in [-0.2, -0.15) is 0 Å². The van der Waals surface area contributed by atoms with Gasteiger partial charge >= 0.3 is 5.97 Å². The lowest BCUT2D eigenvalue weighted by Gasteiger charge is -2.30. The minimum Gasteiger partial charge on any atom is -0.491 e. The van der Waals surface area contributed by atoms with E-state index in [1.807, 2.05) is 24.1 Å². The Morgan fingerprint density at radius 1 is 1.20 bits per heavy atom. The highest BCUT2D eigenvalue weighted by atomic mass is 79.9. The topological polar surface area (TPSA) is 107 Å². The molecule has 1 aliphatic heterocycles. The number of hydrogen-bond donors (Lipinski definition) is 2. The van der Waals surface area contributed by atoms with E-state index in [9.17, 15) is 9.59 Å². The van der Waals surface area contributed by atoms with Gasteiger partial charge in [0.05, 0.1) is 18.8 Å². The maximum Gasteiger partial charge on any atom is 0.303 e. The van der Waals surface area contributed by atoms with Crippen LogP contribution in [0.15, 0.2) is 24.3 Å². The monoisotopic (exact) mass is 614 g/mol. The Kier molecular flexibility index (Phi) is 10.4. The van der Waals surface area contributed by atoms with E-state index in [4.69, 9.17) is 20.2 Å². The highest BCUT2D eigenvalue weighted by molar-refractivity contribution is 8.93. The smallest absolute Gasteiger partial charge is 0.303 e. The first-order chi connectivity index (χ1) is 18.5. The number of carboxylic acids is 1. The van der Waals surface area contributed by atoms with E-state index in [0.717, 1.165) is 54.1 Å². The van der Waals surface area contributed by atoms with Crippen molar-refractivity contribution in [2.75, 3.05) is 31.6 Å². The first-order valence-corrected chi connectivity index (χ1v) is 14.1. The standard InChI is InChI=1S/C31H42N4O4.BrH/c1-6-14-34(5)25-17-22(16-23(31(2,3)4)29(25)39-15-8-7-9-27(37)38)26(36)19-35-18-21-12-13-24(20-10-11-20)33-28(21)30(35)32;/h12-13,16-17,20,32H,6-11,14-15,18-19H2,1-5H3,(H,37,38);1H. The quantitative estimate of drug-likeness (QED) is 0.200. The maximum atomic E-state index is 13.7. The number of unbranched alkanes of at least 4 members (excludes halogenated alkanes) is 1. The highest BCUT2D eigenvalue weighted by Gasteiger charge is 2.32. The number of rotatable bonds is 13. The predicted octanol–water partition coefficient (Wildman–Crippen LogP) is 6.34. The zero-order chi connectivity index (χ0) is 28.3. The third-order valence-electron chi connectivity index (χ3n) is 7.43. The van der Waals surface area contributed by atoms with Gasteiger partial charge in [-0.15, -0.1) is 17.0 Å². The number of ether oxygens (including phenoxy) is 1. The molecule has 2 N–H and O–H groups in total. The van der Waals surface area contributed by atoms with Crippen LogP contribution in [0.3, 0.4) is 0 Å². The molecule has 0 bridgehead atoms. The Bertz CT molecular complexity index is 1250. The molecule has 4 rings (SSSR count). The lowest BCUT2D eigenvalue weighted by Crippen LogP contribution is -2.31. The number of halogens is 1. The van der Waals surface area contributed by atoms with Crippen molar-refractivity contribution in [2.24, 2.45) is 0 Å². The Labute approximate surface area is 248 Å². The summed E-state index contributed by atoms with van der Waals surface area (Å²) in [4.78, 5) is 33.3. The zero-order valence-corrected chi connectivity index (χ0v) is 26.1. The molecule has 2 aliphatic rings. The number of carboxylic acid groups (broad SMARTS) is 1. The van der Waals surface area contributed by atoms with Crippen molar-refractivity contribution < 1.29 is 19.4 Å². The van der Waals surface area contributed by atoms with Crippen molar-refractivity contribution in [1.29, 1.82) is 5.41 Å². The number of pyridine rings is 1. The molecule has 1 aromatic heterocycles. The molecular formula is C31H43BrN4O4. The van der Waals surface area contributed by atoms with Gasteiger partial charge in [0.25, 0.3) is 0 Å². The van der Waals surface area contributed by atoms with Gasteiger partial charge in [-0.1, -0.05) is 33.8 Å². The highest BCUT2D eigenvalue weighted by Crippen LogP contribution is 2.41. The molecule has 1 aromatic carbocycles. The van der Waals surface area contributed by atoms with Gasteiger partial charge in [-0.25, -0.2) is 4.98 Å². The summed E-state index contributed by atoms with van der Waals surface area (Å²) in [6.07, 6.45) is 4.58. The zero-order valence-electron chi connectivity index (χ0n) is 24.4. The van der Waals surface area contributed by atoms with Gasteiger partial charge in [0.1, 0.15) is 17.3 Å². The fourth-order valence-corrected chi connectivity index (χ4v) is 5.05. The van der Waals surface area contributed by atoms with Crippen molar-refractivity contribution in [2.45, 2.75) is 84.1 Å². The number of aromatic nitrogens is 1. The van der Waals surface area contributed by atoms with Crippen molar-refractivity contribution in [1.82, 2.24) is 9.88 Å². The number of anilines is 1. The number of nitrogens with zero attached hydrogens (tertiary/aromatic N) is 3. The first-order valence-electron chi connectivity index (χ1n) is 14.1. The van der Waals surface area contributed by atoms with Crippen molar-refractivity contribution in [3.05, 3.63) is 52.3 Å². The normalized spacial score (nSPS) is 14.5. The largest absolute Gasteiger partial charge is 0.491 e. The molecule has 1 saturated carbocycles.